The monoisotopic (exact) mass is 296 g/mol. The van der Waals surface area contributed by atoms with E-state index in [0.29, 0.717) is 18.9 Å². The molecule has 1 saturated carbocycles. The van der Waals surface area contributed by atoms with Crippen molar-refractivity contribution < 1.29 is 9.53 Å². The zero-order valence-electron chi connectivity index (χ0n) is 13.1. The van der Waals surface area contributed by atoms with Gasteiger partial charge in [0.2, 0.25) is 0 Å². The molecule has 0 N–H and O–H groups in total. The lowest BCUT2D eigenvalue weighted by Gasteiger charge is -2.20. The van der Waals surface area contributed by atoms with Gasteiger partial charge in [-0.05, 0) is 28.3 Å². The molecule has 2 aromatic rings. The van der Waals surface area contributed by atoms with Crippen LogP contribution in [-0.2, 0) is 16.1 Å². The van der Waals surface area contributed by atoms with Crippen LogP contribution in [0.1, 0.15) is 44.1 Å². The smallest absolute Gasteiger partial charge is 0.158 e. The molecule has 0 aromatic heterocycles. The Balaban J connectivity index is 1.46. The fourth-order valence-electron chi connectivity index (χ4n) is 3.38. The highest BCUT2D eigenvalue weighted by molar-refractivity contribution is 5.83. The Morgan fingerprint density at radius 3 is 2.59 bits per heavy atom. The van der Waals surface area contributed by atoms with Crippen LogP contribution in [0.15, 0.2) is 42.5 Å². The van der Waals surface area contributed by atoms with Gasteiger partial charge >= 0.3 is 0 Å². The molecule has 0 bridgehead atoms. The van der Waals surface area contributed by atoms with E-state index in [1.807, 2.05) is 12.1 Å². The van der Waals surface area contributed by atoms with Gasteiger partial charge in [-0.15, -0.1) is 0 Å². The van der Waals surface area contributed by atoms with Crippen LogP contribution in [0.3, 0.4) is 0 Å². The summed E-state index contributed by atoms with van der Waals surface area (Å²) in [7, 11) is 0. The first-order valence-corrected chi connectivity index (χ1v) is 8.38. The lowest BCUT2D eigenvalue weighted by atomic mass is 9.86. The maximum atomic E-state index is 12.0. The highest BCUT2D eigenvalue weighted by Crippen LogP contribution is 2.26. The minimum atomic E-state index is 0.253. The Hall–Kier alpha value is -1.67. The topological polar surface area (TPSA) is 26.3 Å². The number of Topliss-reactive ketones (excluding diaryl/α,β-unsaturated/α-hetero) is 1. The van der Waals surface area contributed by atoms with Gasteiger partial charge in [-0.2, -0.15) is 0 Å². The molecule has 0 radical (unpaired) electrons. The molecule has 2 aromatic carbocycles. The number of ether oxygens (including phenoxy) is 1. The van der Waals surface area contributed by atoms with E-state index in [4.69, 9.17) is 4.74 Å². The van der Waals surface area contributed by atoms with Crippen LogP contribution in [0.25, 0.3) is 10.8 Å². The van der Waals surface area contributed by atoms with E-state index in [1.54, 1.807) is 0 Å². The van der Waals surface area contributed by atoms with Crippen LogP contribution in [0.4, 0.5) is 0 Å². The zero-order chi connectivity index (χ0) is 15.2. The average molecular weight is 296 g/mol. The number of rotatable bonds is 6. The number of hydrogen-bond donors (Lipinski definition) is 0. The molecule has 1 aliphatic rings. The second-order valence-corrected chi connectivity index (χ2v) is 6.42. The van der Waals surface area contributed by atoms with Gasteiger partial charge in [0.15, 0.2) is 5.78 Å². The molecule has 0 amide bonds. The fourth-order valence-corrected chi connectivity index (χ4v) is 3.38. The summed E-state index contributed by atoms with van der Waals surface area (Å²) in [5.74, 6) is 0.859. The summed E-state index contributed by atoms with van der Waals surface area (Å²) in [5.41, 5.74) is 1.13. The van der Waals surface area contributed by atoms with Crippen molar-refractivity contribution in [3.05, 3.63) is 48.0 Å². The van der Waals surface area contributed by atoms with Crippen molar-refractivity contribution in [2.24, 2.45) is 5.92 Å². The Morgan fingerprint density at radius 1 is 1.00 bits per heavy atom. The summed E-state index contributed by atoms with van der Waals surface area (Å²) in [4.78, 5) is 12.0. The molecule has 1 aliphatic carbocycles. The van der Waals surface area contributed by atoms with Crippen LogP contribution in [-0.4, -0.2) is 12.4 Å². The molecule has 1 fully saturated rings. The van der Waals surface area contributed by atoms with E-state index in [0.717, 1.165) is 5.56 Å². The standard InChI is InChI=1S/C20H24O2/c21-20(13-16-6-2-1-3-7-16)15-22-14-17-10-11-18-8-4-5-9-19(18)12-17/h4-5,8-12,16H,1-3,6-7,13-15H2. The van der Waals surface area contributed by atoms with Gasteiger partial charge in [0.25, 0.3) is 0 Å². The Kier molecular flexibility index (Phi) is 5.23. The summed E-state index contributed by atoms with van der Waals surface area (Å²) < 4.78 is 5.62. The van der Waals surface area contributed by atoms with Crippen molar-refractivity contribution in [2.45, 2.75) is 45.1 Å². The number of fused-ring (bicyclic) bond motifs is 1. The molecule has 0 heterocycles. The molecule has 0 aliphatic heterocycles. The van der Waals surface area contributed by atoms with Gasteiger partial charge in [0, 0.05) is 6.42 Å². The second kappa shape index (κ2) is 7.55. The molecular formula is C20H24O2. The molecule has 0 saturated heterocycles. The van der Waals surface area contributed by atoms with Crippen LogP contribution in [0, 0.1) is 5.92 Å². The van der Waals surface area contributed by atoms with Crippen LogP contribution in [0.5, 0.6) is 0 Å². The second-order valence-electron chi connectivity index (χ2n) is 6.42. The predicted molar refractivity (Wildman–Crippen MR) is 89.8 cm³/mol. The summed E-state index contributed by atoms with van der Waals surface area (Å²) in [5, 5.41) is 2.46. The first-order chi connectivity index (χ1) is 10.8. The maximum absolute atomic E-state index is 12.0. The van der Waals surface area contributed by atoms with Crippen molar-refractivity contribution in [1.82, 2.24) is 0 Å². The van der Waals surface area contributed by atoms with Gasteiger partial charge < -0.3 is 4.74 Å². The number of carbonyl (C=O) groups excluding carboxylic acids is 1. The molecule has 2 heteroatoms. The lowest BCUT2D eigenvalue weighted by molar-refractivity contribution is -0.125. The first-order valence-electron chi connectivity index (χ1n) is 8.38. The highest BCUT2D eigenvalue weighted by Gasteiger charge is 2.16. The molecule has 0 unspecified atom stereocenters. The quantitative estimate of drug-likeness (QED) is 0.758. The van der Waals surface area contributed by atoms with Gasteiger partial charge in [0.05, 0.1) is 6.61 Å². The van der Waals surface area contributed by atoms with Gasteiger partial charge in [0.1, 0.15) is 6.61 Å². The average Bonchev–Trinajstić information content (AvgIpc) is 2.55. The largest absolute Gasteiger partial charge is 0.369 e. The SMILES string of the molecule is O=C(COCc1ccc2ccccc2c1)CC1CCCCC1. The van der Waals surface area contributed by atoms with E-state index in [9.17, 15) is 4.79 Å². The molecule has 3 rings (SSSR count). The predicted octanol–water partition coefficient (Wildman–Crippen LogP) is 4.90. The third-order valence-corrected chi connectivity index (χ3v) is 4.59. The normalized spacial score (nSPS) is 16.0. The van der Waals surface area contributed by atoms with Crippen molar-refractivity contribution in [2.75, 3.05) is 6.61 Å². The molecule has 0 spiro atoms. The third kappa shape index (κ3) is 4.17. The molecule has 116 valence electrons. The number of carbonyl (C=O) groups is 1. The number of benzene rings is 2. The van der Waals surface area contributed by atoms with Gasteiger partial charge in [-0.1, -0.05) is 68.5 Å². The molecule has 2 nitrogen and oxygen atoms in total. The zero-order valence-corrected chi connectivity index (χ0v) is 13.1. The minimum absolute atomic E-state index is 0.253. The maximum Gasteiger partial charge on any atom is 0.158 e. The molecular weight excluding hydrogens is 272 g/mol. The van der Waals surface area contributed by atoms with Gasteiger partial charge in [-0.3, -0.25) is 4.79 Å². The van der Waals surface area contributed by atoms with E-state index in [-0.39, 0.29) is 12.4 Å². The van der Waals surface area contributed by atoms with E-state index in [1.165, 1.54) is 42.9 Å². The Bertz CT molecular complexity index is 626. The van der Waals surface area contributed by atoms with E-state index < -0.39 is 0 Å². The molecule has 22 heavy (non-hydrogen) atoms. The van der Waals surface area contributed by atoms with Crippen LogP contribution >= 0.6 is 0 Å². The minimum Gasteiger partial charge on any atom is -0.369 e. The number of hydrogen-bond acceptors (Lipinski definition) is 2. The van der Waals surface area contributed by atoms with Crippen molar-refractivity contribution >= 4 is 16.6 Å². The van der Waals surface area contributed by atoms with Crippen molar-refractivity contribution in [1.29, 1.82) is 0 Å². The third-order valence-electron chi connectivity index (χ3n) is 4.59. The van der Waals surface area contributed by atoms with Crippen molar-refractivity contribution in [3.8, 4) is 0 Å². The summed E-state index contributed by atoms with van der Waals surface area (Å²) in [6.45, 7) is 0.768. The van der Waals surface area contributed by atoms with Crippen LogP contribution in [0.2, 0.25) is 0 Å². The van der Waals surface area contributed by atoms with Crippen molar-refractivity contribution in [3.63, 3.8) is 0 Å². The fraction of sp³-hybridized carbons (Fsp3) is 0.450. The van der Waals surface area contributed by atoms with E-state index in [2.05, 4.69) is 30.3 Å². The first kappa shape index (κ1) is 15.2. The Morgan fingerprint density at radius 2 is 1.77 bits per heavy atom. The summed E-state index contributed by atoms with van der Waals surface area (Å²) >= 11 is 0. The number of ketones is 1. The van der Waals surface area contributed by atoms with Crippen LogP contribution < -0.4 is 0 Å². The molecule has 0 atom stereocenters. The Labute approximate surface area is 132 Å². The summed E-state index contributed by atoms with van der Waals surface area (Å²) in [6.07, 6.45) is 7.06. The lowest BCUT2D eigenvalue weighted by Crippen LogP contribution is -2.16. The van der Waals surface area contributed by atoms with E-state index >= 15 is 0 Å². The summed E-state index contributed by atoms with van der Waals surface area (Å²) in [6, 6.07) is 14.6. The van der Waals surface area contributed by atoms with Gasteiger partial charge in [-0.25, -0.2) is 0 Å². The highest BCUT2D eigenvalue weighted by atomic mass is 16.5.